The van der Waals surface area contributed by atoms with Crippen LogP contribution in [0.4, 0.5) is 4.39 Å². The van der Waals surface area contributed by atoms with E-state index in [-0.39, 0.29) is 5.82 Å². The Morgan fingerprint density at radius 1 is 1.30 bits per heavy atom. The predicted molar refractivity (Wildman–Crippen MR) is 73.3 cm³/mol. The molecule has 1 saturated carbocycles. The number of aryl methyl sites for hydroxylation is 1. The fourth-order valence-corrected chi connectivity index (χ4v) is 2.70. The van der Waals surface area contributed by atoms with Crippen LogP contribution in [-0.2, 0) is 11.2 Å². The molecule has 1 aromatic heterocycles. The van der Waals surface area contributed by atoms with Crippen LogP contribution in [0.3, 0.4) is 0 Å². The molecule has 4 nitrogen and oxygen atoms in total. The molecule has 1 aromatic carbocycles. The lowest BCUT2D eigenvalue weighted by Crippen LogP contribution is -2.35. The van der Waals surface area contributed by atoms with Gasteiger partial charge in [-0.3, -0.25) is 0 Å². The third-order valence-corrected chi connectivity index (χ3v) is 3.95. The van der Waals surface area contributed by atoms with E-state index in [1.54, 1.807) is 23.9 Å². The molecule has 5 heteroatoms. The van der Waals surface area contributed by atoms with Crippen LogP contribution in [-0.4, -0.2) is 28.0 Å². The summed E-state index contributed by atoms with van der Waals surface area (Å²) in [6.45, 7) is 1.87. The maximum absolute atomic E-state index is 13.0. The second kappa shape index (κ2) is 5.32. The summed E-state index contributed by atoms with van der Waals surface area (Å²) in [6.07, 6.45) is 3.45. The van der Waals surface area contributed by atoms with Gasteiger partial charge >= 0.3 is 0 Å². The maximum Gasteiger partial charge on any atom is 0.148 e. The lowest BCUT2D eigenvalue weighted by Gasteiger charge is -2.35. The van der Waals surface area contributed by atoms with Crippen LogP contribution in [0.15, 0.2) is 24.3 Å². The van der Waals surface area contributed by atoms with Gasteiger partial charge in [0, 0.05) is 13.5 Å². The van der Waals surface area contributed by atoms with Crippen molar-refractivity contribution in [3.8, 4) is 5.69 Å². The van der Waals surface area contributed by atoms with E-state index >= 15 is 0 Å². The first-order valence-corrected chi connectivity index (χ1v) is 6.88. The molecule has 0 radical (unpaired) electrons. The van der Waals surface area contributed by atoms with Gasteiger partial charge in [-0.15, -0.1) is 0 Å². The monoisotopic (exact) mass is 275 g/mol. The standard InChI is InChI=1S/C15H18FN3O/c1-10-17-15(9-11-3-8-14(11)20-2)19(18-10)13-6-4-12(16)5-7-13/h4-7,11,14H,3,8-9H2,1-2H3. The summed E-state index contributed by atoms with van der Waals surface area (Å²) in [6, 6.07) is 6.33. The van der Waals surface area contributed by atoms with E-state index in [0.717, 1.165) is 36.6 Å². The molecular formula is C15H18FN3O. The molecule has 3 rings (SSSR count). The molecule has 0 amide bonds. The number of ether oxygens (including phenoxy) is 1. The molecule has 106 valence electrons. The van der Waals surface area contributed by atoms with E-state index in [2.05, 4.69) is 10.1 Å². The van der Waals surface area contributed by atoms with Crippen molar-refractivity contribution in [3.63, 3.8) is 0 Å². The fraction of sp³-hybridized carbons (Fsp3) is 0.467. The maximum atomic E-state index is 13.0. The van der Waals surface area contributed by atoms with Crippen LogP contribution in [0.2, 0.25) is 0 Å². The molecule has 0 aliphatic heterocycles. The van der Waals surface area contributed by atoms with Gasteiger partial charge in [0.05, 0.1) is 11.8 Å². The summed E-state index contributed by atoms with van der Waals surface area (Å²) in [5.74, 6) is 1.91. The zero-order valence-electron chi connectivity index (χ0n) is 11.7. The van der Waals surface area contributed by atoms with Gasteiger partial charge in [-0.05, 0) is 49.9 Å². The van der Waals surface area contributed by atoms with Gasteiger partial charge in [0.15, 0.2) is 0 Å². The third kappa shape index (κ3) is 2.45. The van der Waals surface area contributed by atoms with Crippen LogP contribution in [0.25, 0.3) is 5.69 Å². The summed E-state index contributed by atoms with van der Waals surface area (Å²) in [7, 11) is 1.76. The van der Waals surface area contributed by atoms with E-state index in [4.69, 9.17) is 4.74 Å². The fourth-order valence-electron chi connectivity index (χ4n) is 2.70. The number of methoxy groups -OCH3 is 1. The smallest absolute Gasteiger partial charge is 0.148 e. The number of rotatable bonds is 4. The molecule has 0 N–H and O–H groups in total. The SMILES string of the molecule is COC1CCC1Cc1nc(C)nn1-c1ccc(F)cc1. The highest BCUT2D eigenvalue weighted by Crippen LogP contribution is 2.32. The quantitative estimate of drug-likeness (QED) is 0.861. The Morgan fingerprint density at radius 2 is 2.05 bits per heavy atom. The molecule has 2 aromatic rings. The average molecular weight is 275 g/mol. The highest BCUT2D eigenvalue weighted by Gasteiger charge is 2.32. The van der Waals surface area contributed by atoms with E-state index < -0.39 is 0 Å². The normalized spacial score (nSPS) is 21.8. The van der Waals surface area contributed by atoms with Crippen molar-refractivity contribution in [3.05, 3.63) is 41.7 Å². The number of hydrogen-bond acceptors (Lipinski definition) is 3. The molecule has 1 aliphatic rings. The minimum atomic E-state index is -0.245. The molecule has 2 atom stereocenters. The molecule has 1 aliphatic carbocycles. The summed E-state index contributed by atoms with van der Waals surface area (Å²) in [5, 5.41) is 4.42. The number of hydrogen-bond donors (Lipinski definition) is 0. The van der Waals surface area contributed by atoms with E-state index in [0.29, 0.717) is 12.0 Å². The van der Waals surface area contributed by atoms with Gasteiger partial charge in [0.1, 0.15) is 17.5 Å². The Labute approximate surface area is 117 Å². The Morgan fingerprint density at radius 3 is 2.65 bits per heavy atom. The molecule has 1 heterocycles. The van der Waals surface area contributed by atoms with Gasteiger partial charge < -0.3 is 4.74 Å². The highest BCUT2D eigenvalue weighted by atomic mass is 19.1. The topological polar surface area (TPSA) is 39.9 Å². The lowest BCUT2D eigenvalue weighted by atomic mass is 9.79. The van der Waals surface area contributed by atoms with Crippen molar-refractivity contribution in [1.29, 1.82) is 0 Å². The van der Waals surface area contributed by atoms with Crippen LogP contribution < -0.4 is 0 Å². The van der Waals surface area contributed by atoms with Crippen molar-refractivity contribution < 1.29 is 9.13 Å². The van der Waals surface area contributed by atoms with Crippen molar-refractivity contribution in [2.24, 2.45) is 5.92 Å². The first-order chi connectivity index (χ1) is 9.67. The minimum Gasteiger partial charge on any atom is -0.381 e. The predicted octanol–water partition coefficient (Wildman–Crippen LogP) is 2.68. The zero-order valence-corrected chi connectivity index (χ0v) is 11.7. The van der Waals surface area contributed by atoms with E-state index in [9.17, 15) is 4.39 Å². The summed E-state index contributed by atoms with van der Waals surface area (Å²) in [5.41, 5.74) is 0.843. The van der Waals surface area contributed by atoms with Gasteiger partial charge in [0.2, 0.25) is 0 Å². The van der Waals surface area contributed by atoms with Crippen LogP contribution in [0.5, 0.6) is 0 Å². The largest absolute Gasteiger partial charge is 0.381 e. The third-order valence-electron chi connectivity index (χ3n) is 3.95. The number of aromatic nitrogens is 3. The molecule has 0 spiro atoms. The van der Waals surface area contributed by atoms with E-state index in [1.807, 2.05) is 6.92 Å². The number of nitrogens with zero attached hydrogens (tertiary/aromatic N) is 3. The van der Waals surface area contributed by atoms with Gasteiger partial charge in [-0.1, -0.05) is 0 Å². The minimum absolute atomic E-state index is 0.245. The molecule has 0 saturated heterocycles. The van der Waals surface area contributed by atoms with Crippen molar-refractivity contribution in [2.45, 2.75) is 32.3 Å². The molecule has 20 heavy (non-hydrogen) atoms. The van der Waals surface area contributed by atoms with Crippen molar-refractivity contribution >= 4 is 0 Å². The number of halogens is 1. The first kappa shape index (κ1) is 13.2. The Balaban J connectivity index is 1.86. The summed E-state index contributed by atoms with van der Waals surface area (Å²) in [4.78, 5) is 4.50. The molecule has 2 unspecified atom stereocenters. The number of benzene rings is 1. The Hall–Kier alpha value is -1.75. The van der Waals surface area contributed by atoms with Crippen molar-refractivity contribution in [2.75, 3.05) is 7.11 Å². The molecule has 0 bridgehead atoms. The second-order valence-corrected chi connectivity index (χ2v) is 5.28. The van der Waals surface area contributed by atoms with Crippen LogP contribution in [0, 0.1) is 18.7 Å². The summed E-state index contributed by atoms with van der Waals surface area (Å²) >= 11 is 0. The first-order valence-electron chi connectivity index (χ1n) is 6.88. The Bertz CT molecular complexity index is 592. The second-order valence-electron chi connectivity index (χ2n) is 5.28. The van der Waals surface area contributed by atoms with Gasteiger partial charge in [0.25, 0.3) is 0 Å². The highest BCUT2D eigenvalue weighted by molar-refractivity contribution is 5.32. The average Bonchev–Trinajstić information content (AvgIpc) is 2.77. The van der Waals surface area contributed by atoms with E-state index in [1.165, 1.54) is 12.1 Å². The lowest BCUT2D eigenvalue weighted by molar-refractivity contribution is -0.0167. The van der Waals surface area contributed by atoms with Gasteiger partial charge in [-0.2, -0.15) is 5.10 Å². The summed E-state index contributed by atoms with van der Waals surface area (Å²) < 4.78 is 20.3. The van der Waals surface area contributed by atoms with Crippen LogP contribution >= 0.6 is 0 Å². The molecular weight excluding hydrogens is 257 g/mol. The Kier molecular flexibility index (Phi) is 3.53. The van der Waals surface area contributed by atoms with Crippen molar-refractivity contribution in [1.82, 2.24) is 14.8 Å². The van der Waals surface area contributed by atoms with Crippen LogP contribution in [0.1, 0.15) is 24.5 Å². The van der Waals surface area contributed by atoms with Gasteiger partial charge in [-0.25, -0.2) is 14.1 Å². The molecule has 1 fully saturated rings. The zero-order chi connectivity index (χ0) is 14.1.